The lowest BCUT2D eigenvalue weighted by Crippen LogP contribution is -2.32. The Morgan fingerprint density at radius 1 is 1.12 bits per heavy atom. The average molecular weight is 466 g/mol. The van der Waals surface area contributed by atoms with E-state index in [4.69, 9.17) is 14.2 Å². The molecule has 0 fully saturated rings. The first kappa shape index (κ1) is 23.0. The number of ether oxygens (including phenoxy) is 3. The molecule has 33 heavy (non-hydrogen) atoms. The van der Waals surface area contributed by atoms with Crippen LogP contribution < -0.4 is 0 Å². The highest BCUT2D eigenvalue weighted by atomic mass is 32.2. The topological polar surface area (TPSA) is 65.1 Å². The van der Waals surface area contributed by atoms with Crippen molar-refractivity contribution in [2.75, 3.05) is 19.8 Å². The quantitative estimate of drug-likeness (QED) is 0.389. The van der Waals surface area contributed by atoms with Crippen LogP contribution in [0.25, 0.3) is 0 Å². The Hall–Kier alpha value is -3.19. The van der Waals surface area contributed by atoms with E-state index in [-0.39, 0.29) is 19.2 Å². The summed E-state index contributed by atoms with van der Waals surface area (Å²) in [6.07, 6.45) is -0.780. The Morgan fingerprint density at radius 2 is 1.85 bits per heavy atom. The first-order valence-electron chi connectivity index (χ1n) is 11.0. The standard InChI is InChI=1S/C26H27NO5S/c1-4-27-17(3)24(32-26(29)30-5-2)22(23-20(27)15-31-25(23)28)19-13-9-10-14-21(19)33-16-18-11-7-6-8-12-18/h6-14,22H,4-5,15-16H2,1-3H3. The molecule has 0 bridgehead atoms. The summed E-state index contributed by atoms with van der Waals surface area (Å²) in [7, 11) is 0. The molecule has 0 aromatic heterocycles. The molecule has 172 valence electrons. The van der Waals surface area contributed by atoms with Crippen molar-refractivity contribution in [2.24, 2.45) is 0 Å². The SMILES string of the molecule is CCOC(=O)OC1=C(C)N(CC)C2=C(C(=O)OC2)C1c1ccccc1SCc1ccccc1. The first-order chi connectivity index (χ1) is 16.0. The summed E-state index contributed by atoms with van der Waals surface area (Å²) in [6.45, 7) is 6.65. The van der Waals surface area contributed by atoms with Crippen molar-refractivity contribution in [1.82, 2.24) is 4.90 Å². The monoisotopic (exact) mass is 465 g/mol. The molecular weight excluding hydrogens is 438 g/mol. The summed E-state index contributed by atoms with van der Waals surface area (Å²) in [5.41, 5.74) is 4.22. The molecule has 7 heteroatoms. The summed E-state index contributed by atoms with van der Waals surface area (Å²) < 4.78 is 16.3. The van der Waals surface area contributed by atoms with E-state index >= 15 is 0 Å². The van der Waals surface area contributed by atoms with E-state index in [1.165, 1.54) is 5.56 Å². The van der Waals surface area contributed by atoms with Crippen molar-refractivity contribution in [2.45, 2.75) is 37.3 Å². The molecule has 2 aliphatic heterocycles. The van der Waals surface area contributed by atoms with E-state index < -0.39 is 12.1 Å². The predicted molar refractivity (Wildman–Crippen MR) is 126 cm³/mol. The number of likely N-dealkylation sites (N-methyl/N-ethyl adjacent to an activating group) is 1. The molecule has 0 aliphatic carbocycles. The van der Waals surface area contributed by atoms with Crippen LogP contribution in [-0.2, 0) is 24.8 Å². The van der Waals surface area contributed by atoms with Gasteiger partial charge in [-0.1, -0.05) is 48.5 Å². The van der Waals surface area contributed by atoms with Crippen molar-refractivity contribution in [1.29, 1.82) is 0 Å². The minimum Gasteiger partial charge on any atom is -0.456 e. The van der Waals surface area contributed by atoms with E-state index in [0.717, 1.165) is 27.6 Å². The smallest absolute Gasteiger partial charge is 0.456 e. The van der Waals surface area contributed by atoms with E-state index in [1.54, 1.807) is 18.7 Å². The minimum absolute atomic E-state index is 0.201. The minimum atomic E-state index is -0.780. The highest BCUT2D eigenvalue weighted by molar-refractivity contribution is 7.98. The number of esters is 1. The second-order valence-electron chi connectivity index (χ2n) is 7.66. The fourth-order valence-electron chi connectivity index (χ4n) is 4.27. The summed E-state index contributed by atoms with van der Waals surface area (Å²) in [4.78, 5) is 28.3. The maximum Gasteiger partial charge on any atom is 0.513 e. The van der Waals surface area contributed by atoms with Crippen LogP contribution in [0.2, 0.25) is 0 Å². The molecule has 0 amide bonds. The number of allylic oxidation sites excluding steroid dienone is 2. The fraction of sp³-hybridized carbons (Fsp3) is 0.308. The van der Waals surface area contributed by atoms with Crippen LogP contribution in [0, 0.1) is 0 Å². The van der Waals surface area contributed by atoms with Crippen LogP contribution in [-0.4, -0.2) is 36.8 Å². The molecule has 0 N–H and O–H groups in total. The number of hydrogen-bond donors (Lipinski definition) is 0. The number of carbonyl (C=O) groups is 2. The summed E-state index contributed by atoms with van der Waals surface area (Å²) in [6, 6.07) is 18.1. The number of nitrogens with zero attached hydrogens (tertiary/aromatic N) is 1. The van der Waals surface area contributed by atoms with Gasteiger partial charge in [0.25, 0.3) is 0 Å². The second-order valence-corrected chi connectivity index (χ2v) is 8.68. The first-order valence-corrected chi connectivity index (χ1v) is 12.0. The third-order valence-electron chi connectivity index (χ3n) is 5.75. The lowest BCUT2D eigenvalue weighted by molar-refractivity contribution is -0.136. The number of rotatable bonds is 7. The number of hydrogen-bond acceptors (Lipinski definition) is 7. The van der Waals surface area contributed by atoms with Crippen molar-refractivity contribution in [3.8, 4) is 0 Å². The summed E-state index contributed by atoms with van der Waals surface area (Å²) in [5, 5.41) is 0. The van der Waals surface area contributed by atoms with Crippen LogP contribution in [0.15, 0.2) is 82.2 Å². The lowest BCUT2D eigenvalue weighted by Gasteiger charge is -2.35. The Labute approximate surface area is 198 Å². The molecule has 2 heterocycles. The van der Waals surface area contributed by atoms with Gasteiger partial charge in [0.1, 0.15) is 12.4 Å². The molecule has 2 aliphatic rings. The molecule has 2 aromatic rings. The van der Waals surface area contributed by atoms with Gasteiger partial charge in [0, 0.05) is 17.2 Å². The Morgan fingerprint density at radius 3 is 2.58 bits per heavy atom. The fourth-order valence-corrected chi connectivity index (χ4v) is 5.31. The lowest BCUT2D eigenvalue weighted by atomic mass is 9.85. The molecule has 4 rings (SSSR count). The van der Waals surface area contributed by atoms with Crippen molar-refractivity contribution in [3.63, 3.8) is 0 Å². The summed E-state index contributed by atoms with van der Waals surface area (Å²) >= 11 is 1.69. The molecule has 6 nitrogen and oxygen atoms in total. The van der Waals surface area contributed by atoms with Crippen molar-refractivity contribution < 1.29 is 23.8 Å². The average Bonchev–Trinajstić information content (AvgIpc) is 3.20. The third-order valence-corrected chi connectivity index (χ3v) is 6.91. The molecule has 1 atom stereocenters. The molecule has 0 radical (unpaired) electrons. The van der Waals surface area contributed by atoms with Crippen LogP contribution in [0.3, 0.4) is 0 Å². The van der Waals surface area contributed by atoms with Crippen LogP contribution >= 0.6 is 11.8 Å². The zero-order valence-electron chi connectivity index (χ0n) is 19.0. The number of carbonyl (C=O) groups excluding carboxylic acids is 2. The molecule has 0 spiro atoms. The summed E-state index contributed by atoms with van der Waals surface area (Å²) in [5.74, 6) is 0.245. The maximum atomic E-state index is 12.9. The van der Waals surface area contributed by atoms with Crippen LogP contribution in [0.4, 0.5) is 4.79 Å². The highest BCUT2D eigenvalue weighted by Crippen LogP contribution is 2.47. The van der Waals surface area contributed by atoms with Gasteiger partial charge in [-0.25, -0.2) is 9.59 Å². The van der Waals surface area contributed by atoms with Crippen LogP contribution in [0.5, 0.6) is 0 Å². The Bertz CT molecular complexity index is 1110. The Kier molecular flexibility index (Phi) is 7.08. The van der Waals surface area contributed by atoms with Crippen molar-refractivity contribution in [3.05, 3.63) is 88.5 Å². The molecule has 1 unspecified atom stereocenters. The predicted octanol–water partition coefficient (Wildman–Crippen LogP) is 5.61. The van der Waals surface area contributed by atoms with Gasteiger partial charge in [-0.05, 0) is 38.0 Å². The zero-order valence-corrected chi connectivity index (χ0v) is 19.8. The van der Waals surface area contributed by atoms with Gasteiger partial charge in [-0.3, -0.25) is 0 Å². The van der Waals surface area contributed by atoms with E-state index in [0.29, 0.717) is 17.9 Å². The number of thioether (sulfide) groups is 1. The third kappa shape index (κ3) is 4.64. The van der Waals surface area contributed by atoms with Gasteiger partial charge in [0.15, 0.2) is 0 Å². The zero-order chi connectivity index (χ0) is 23.4. The molecule has 0 saturated heterocycles. The molecule has 2 aromatic carbocycles. The molecule has 0 saturated carbocycles. The highest BCUT2D eigenvalue weighted by Gasteiger charge is 2.44. The van der Waals surface area contributed by atoms with Crippen LogP contribution in [0.1, 0.15) is 37.8 Å². The van der Waals surface area contributed by atoms with Gasteiger partial charge in [-0.15, -0.1) is 11.8 Å². The van der Waals surface area contributed by atoms with E-state index in [2.05, 4.69) is 12.1 Å². The van der Waals surface area contributed by atoms with Gasteiger partial charge in [-0.2, -0.15) is 0 Å². The van der Waals surface area contributed by atoms with Gasteiger partial charge < -0.3 is 19.1 Å². The maximum absolute atomic E-state index is 12.9. The van der Waals surface area contributed by atoms with Crippen molar-refractivity contribution >= 4 is 23.9 Å². The van der Waals surface area contributed by atoms with E-state index in [9.17, 15) is 9.59 Å². The molecular formula is C26H27NO5S. The van der Waals surface area contributed by atoms with Gasteiger partial charge in [0.2, 0.25) is 0 Å². The largest absolute Gasteiger partial charge is 0.513 e. The normalized spacial score (nSPS) is 17.7. The van der Waals surface area contributed by atoms with Gasteiger partial charge >= 0.3 is 12.1 Å². The Balaban J connectivity index is 1.78. The number of cyclic esters (lactones) is 1. The number of benzene rings is 2. The van der Waals surface area contributed by atoms with E-state index in [1.807, 2.05) is 61.2 Å². The second kappa shape index (κ2) is 10.2. The van der Waals surface area contributed by atoms with Gasteiger partial charge in [0.05, 0.1) is 29.5 Å².